The Morgan fingerprint density at radius 1 is 1.10 bits per heavy atom. The van der Waals surface area contributed by atoms with Crippen LogP contribution in [0.4, 0.5) is 0 Å². The normalized spacial score (nSPS) is 16.6. The van der Waals surface area contributed by atoms with Crippen LogP contribution in [-0.2, 0) is 21.2 Å². The van der Waals surface area contributed by atoms with Crippen LogP contribution in [0.1, 0.15) is 31.0 Å². The maximum atomic E-state index is 12.7. The van der Waals surface area contributed by atoms with E-state index in [-0.39, 0.29) is 10.3 Å². The number of sulfone groups is 1. The summed E-state index contributed by atoms with van der Waals surface area (Å²) in [7, 11) is -3.50. The number of fused-ring (bicyclic) bond motifs is 1. The Hall–Kier alpha value is -2.70. The Morgan fingerprint density at radius 3 is 2.55 bits per heavy atom. The van der Waals surface area contributed by atoms with Crippen LogP contribution in [-0.4, -0.2) is 26.6 Å². The van der Waals surface area contributed by atoms with Crippen molar-refractivity contribution >= 4 is 20.7 Å². The van der Waals surface area contributed by atoms with Gasteiger partial charge < -0.3 is 9.47 Å². The third-order valence-corrected chi connectivity index (χ3v) is 7.18. The average Bonchev–Trinajstić information content (AvgIpc) is 2.77. The van der Waals surface area contributed by atoms with E-state index in [1.807, 2.05) is 43.3 Å². The molecule has 2 aromatic carbocycles. The summed E-state index contributed by atoms with van der Waals surface area (Å²) in [6.07, 6.45) is 3.47. The number of aromatic nitrogens is 1. The number of para-hydroxylation sites is 1. The lowest BCUT2D eigenvalue weighted by atomic mass is 9.83. The highest BCUT2D eigenvalue weighted by molar-refractivity contribution is 7.94. The molecular weight excluding hydrogens is 410 g/mol. The summed E-state index contributed by atoms with van der Waals surface area (Å²) in [5.74, 6) is 0.623. The first-order valence-electron chi connectivity index (χ1n) is 10.4. The van der Waals surface area contributed by atoms with E-state index in [9.17, 15) is 8.42 Å². The van der Waals surface area contributed by atoms with Crippen molar-refractivity contribution in [2.24, 2.45) is 5.41 Å². The third kappa shape index (κ3) is 5.14. The van der Waals surface area contributed by atoms with Crippen LogP contribution in [0.3, 0.4) is 0 Å². The number of nitrogens with zero attached hydrogens (tertiary/aromatic N) is 1. The molecule has 2 heterocycles. The van der Waals surface area contributed by atoms with Gasteiger partial charge in [0.05, 0.1) is 10.4 Å². The van der Waals surface area contributed by atoms with E-state index in [0.29, 0.717) is 25.6 Å². The minimum atomic E-state index is -3.50. The lowest BCUT2D eigenvalue weighted by Crippen LogP contribution is -2.24. The second kappa shape index (κ2) is 8.81. The maximum absolute atomic E-state index is 12.7. The molecule has 0 spiro atoms. The monoisotopic (exact) mass is 437 g/mol. The van der Waals surface area contributed by atoms with E-state index in [1.54, 1.807) is 24.3 Å². The summed E-state index contributed by atoms with van der Waals surface area (Å²) in [4.78, 5) is 4.81. The zero-order valence-electron chi connectivity index (χ0n) is 17.9. The van der Waals surface area contributed by atoms with Crippen LogP contribution in [0, 0.1) is 12.3 Å². The van der Waals surface area contributed by atoms with Gasteiger partial charge in [-0.15, -0.1) is 0 Å². The zero-order valence-corrected chi connectivity index (χ0v) is 18.7. The molecule has 0 saturated carbocycles. The number of ether oxygens (including phenoxy) is 2. The summed E-state index contributed by atoms with van der Waals surface area (Å²) in [6.45, 7) is 5.75. The zero-order chi connectivity index (χ0) is 21.9. The number of allylic oxidation sites excluding steroid dienone is 1. The number of benzene rings is 2. The van der Waals surface area contributed by atoms with Gasteiger partial charge in [-0.2, -0.15) is 0 Å². The van der Waals surface area contributed by atoms with E-state index < -0.39 is 9.84 Å². The highest BCUT2D eigenvalue weighted by atomic mass is 32.2. The Bertz CT molecular complexity index is 1190. The predicted molar refractivity (Wildman–Crippen MR) is 122 cm³/mol. The van der Waals surface area contributed by atoms with Crippen molar-refractivity contribution in [2.75, 3.05) is 13.2 Å². The molecule has 0 bridgehead atoms. The van der Waals surface area contributed by atoms with Gasteiger partial charge in [-0.1, -0.05) is 31.2 Å². The molecule has 0 N–H and O–H groups in total. The molecule has 4 rings (SSSR count). The number of rotatable bonds is 6. The second-order valence-electron chi connectivity index (χ2n) is 8.31. The quantitative estimate of drug-likeness (QED) is 0.529. The molecule has 1 aliphatic rings. The van der Waals surface area contributed by atoms with Gasteiger partial charge in [0.25, 0.3) is 0 Å². The van der Waals surface area contributed by atoms with Crippen molar-refractivity contribution in [1.82, 2.24) is 4.98 Å². The summed E-state index contributed by atoms with van der Waals surface area (Å²) in [5.41, 5.74) is 2.78. The molecule has 0 radical (unpaired) electrons. The average molecular weight is 438 g/mol. The molecule has 1 fully saturated rings. The van der Waals surface area contributed by atoms with Crippen molar-refractivity contribution in [2.45, 2.75) is 38.2 Å². The van der Waals surface area contributed by atoms with Crippen LogP contribution < -0.4 is 4.74 Å². The molecule has 1 saturated heterocycles. The second-order valence-corrected chi connectivity index (χ2v) is 10.1. The molecule has 6 heteroatoms. The number of hydrogen-bond donors (Lipinski definition) is 0. The molecule has 0 unspecified atom stereocenters. The lowest BCUT2D eigenvalue weighted by molar-refractivity contribution is 0.0450. The van der Waals surface area contributed by atoms with Crippen LogP contribution >= 0.6 is 0 Å². The molecule has 31 heavy (non-hydrogen) atoms. The van der Waals surface area contributed by atoms with Crippen molar-refractivity contribution < 1.29 is 17.9 Å². The maximum Gasteiger partial charge on any atom is 0.199 e. The topological polar surface area (TPSA) is 65.5 Å². The number of aryl methyl sites for hydroxylation is 1. The van der Waals surface area contributed by atoms with Crippen LogP contribution in [0.5, 0.6) is 5.75 Å². The van der Waals surface area contributed by atoms with E-state index in [1.165, 1.54) is 5.41 Å². The molecule has 5 nitrogen and oxygen atoms in total. The number of pyridine rings is 1. The van der Waals surface area contributed by atoms with Crippen LogP contribution in [0.15, 0.2) is 71.0 Å². The van der Waals surface area contributed by atoms with E-state index in [0.717, 1.165) is 35.0 Å². The first-order chi connectivity index (χ1) is 14.8. The van der Waals surface area contributed by atoms with Crippen LogP contribution in [0.2, 0.25) is 0 Å². The summed E-state index contributed by atoms with van der Waals surface area (Å²) in [5, 5.41) is 2.39. The minimum Gasteiger partial charge on any atom is -0.489 e. The molecule has 1 aliphatic heterocycles. The summed E-state index contributed by atoms with van der Waals surface area (Å²) < 4.78 is 36.8. The molecule has 1 aromatic heterocycles. The fourth-order valence-corrected chi connectivity index (χ4v) is 4.92. The van der Waals surface area contributed by atoms with Crippen molar-refractivity contribution in [3.05, 3.63) is 77.3 Å². The molecular formula is C25H27NO4S. The first kappa shape index (κ1) is 21.5. The van der Waals surface area contributed by atoms with Crippen molar-refractivity contribution in [3.63, 3.8) is 0 Å². The van der Waals surface area contributed by atoms with E-state index in [2.05, 4.69) is 11.9 Å². The Labute approximate surface area is 183 Å². The van der Waals surface area contributed by atoms with Gasteiger partial charge in [0, 0.05) is 35.3 Å². The molecule has 0 amide bonds. The van der Waals surface area contributed by atoms with Gasteiger partial charge >= 0.3 is 0 Å². The number of hydrogen-bond acceptors (Lipinski definition) is 5. The van der Waals surface area contributed by atoms with Gasteiger partial charge in [0.1, 0.15) is 12.4 Å². The Kier molecular flexibility index (Phi) is 6.12. The van der Waals surface area contributed by atoms with Gasteiger partial charge in [-0.25, -0.2) is 8.42 Å². The van der Waals surface area contributed by atoms with Gasteiger partial charge in [0.15, 0.2) is 9.84 Å². The third-order valence-electron chi connectivity index (χ3n) is 5.76. The van der Waals surface area contributed by atoms with Crippen molar-refractivity contribution in [1.29, 1.82) is 0 Å². The summed E-state index contributed by atoms with van der Waals surface area (Å²) >= 11 is 0. The fraction of sp³-hybridized carbons (Fsp3) is 0.320. The Morgan fingerprint density at radius 2 is 1.81 bits per heavy atom. The fourth-order valence-electron chi connectivity index (χ4n) is 3.74. The molecule has 0 atom stereocenters. The van der Waals surface area contributed by atoms with E-state index >= 15 is 0 Å². The minimum absolute atomic E-state index is 0.139. The SMILES string of the molecule is Cc1cc(COc2ccc(S(=O)(=O)C=CC3(C)CCOCC3)cc2)c2ccccc2n1. The van der Waals surface area contributed by atoms with Gasteiger partial charge in [0.2, 0.25) is 0 Å². The lowest BCUT2D eigenvalue weighted by Gasteiger charge is -2.30. The summed E-state index contributed by atoms with van der Waals surface area (Å²) in [6, 6.07) is 16.6. The molecule has 162 valence electrons. The largest absolute Gasteiger partial charge is 0.489 e. The first-order valence-corrected chi connectivity index (χ1v) is 12.0. The molecule has 0 aliphatic carbocycles. The van der Waals surface area contributed by atoms with Gasteiger partial charge in [-0.3, -0.25) is 4.98 Å². The van der Waals surface area contributed by atoms with Crippen LogP contribution in [0.25, 0.3) is 10.9 Å². The standard InChI is InChI=1S/C25H27NO4S/c1-19-17-20(23-5-3-4-6-24(23)26-19)18-30-21-7-9-22(10-8-21)31(27,28)16-13-25(2)11-14-29-15-12-25/h3-10,13,16-17H,11-12,14-15,18H2,1-2H3. The highest BCUT2D eigenvalue weighted by Crippen LogP contribution is 2.32. The van der Waals surface area contributed by atoms with Crippen molar-refractivity contribution in [3.8, 4) is 5.75 Å². The van der Waals surface area contributed by atoms with Gasteiger partial charge in [-0.05, 0) is 61.6 Å². The highest BCUT2D eigenvalue weighted by Gasteiger charge is 2.25. The molecule has 3 aromatic rings. The smallest absolute Gasteiger partial charge is 0.199 e. The Balaban J connectivity index is 1.46. The van der Waals surface area contributed by atoms with E-state index in [4.69, 9.17) is 9.47 Å². The predicted octanol–water partition coefficient (Wildman–Crippen LogP) is 5.23.